The first-order chi connectivity index (χ1) is 10.3. The molecule has 21 heavy (non-hydrogen) atoms. The van der Waals surface area contributed by atoms with E-state index in [1.165, 1.54) is 11.1 Å². The van der Waals surface area contributed by atoms with Gasteiger partial charge in [0.1, 0.15) is 0 Å². The minimum Gasteiger partial charge on any atom is -0.373 e. The molecule has 2 heterocycles. The number of ether oxygens (including phenoxy) is 1. The molecule has 0 saturated carbocycles. The van der Waals surface area contributed by atoms with Crippen LogP contribution in [0.4, 0.5) is 0 Å². The highest BCUT2D eigenvalue weighted by Gasteiger charge is 2.31. The van der Waals surface area contributed by atoms with E-state index in [9.17, 15) is 4.79 Å². The summed E-state index contributed by atoms with van der Waals surface area (Å²) in [4.78, 5) is 14.7. The van der Waals surface area contributed by atoms with Crippen LogP contribution in [0.15, 0.2) is 24.3 Å². The van der Waals surface area contributed by atoms with Crippen LogP contribution in [0.1, 0.15) is 36.5 Å². The first kappa shape index (κ1) is 14.5. The van der Waals surface area contributed by atoms with Gasteiger partial charge in [-0.1, -0.05) is 24.3 Å². The van der Waals surface area contributed by atoms with E-state index < -0.39 is 0 Å². The fourth-order valence-electron chi connectivity index (χ4n) is 3.53. The molecule has 1 N–H and O–H groups in total. The van der Waals surface area contributed by atoms with Gasteiger partial charge in [-0.3, -0.25) is 4.79 Å². The number of likely N-dealkylation sites (tertiary alicyclic amines) is 1. The maximum absolute atomic E-state index is 12.6. The Hall–Kier alpha value is -1.39. The number of likely N-dealkylation sites (N-methyl/N-ethyl adjacent to an activating group) is 1. The maximum Gasteiger partial charge on any atom is 0.225 e. The lowest BCUT2D eigenvalue weighted by molar-refractivity contribution is -0.135. The molecule has 1 fully saturated rings. The van der Waals surface area contributed by atoms with Crippen molar-refractivity contribution in [3.8, 4) is 0 Å². The molecule has 1 amide bonds. The third-order valence-corrected chi connectivity index (χ3v) is 4.59. The van der Waals surface area contributed by atoms with Crippen molar-refractivity contribution in [3.05, 3.63) is 35.4 Å². The molecule has 1 aromatic carbocycles. The van der Waals surface area contributed by atoms with Crippen molar-refractivity contribution in [1.29, 1.82) is 0 Å². The van der Waals surface area contributed by atoms with Crippen LogP contribution in [0.3, 0.4) is 0 Å². The summed E-state index contributed by atoms with van der Waals surface area (Å²) in [7, 11) is 1.95. The smallest absolute Gasteiger partial charge is 0.225 e. The van der Waals surface area contributed by atoms with Crippen LogP contribution in [0.2, 0.25) is 0 Å². The van der Waals surface area contributed by atoms with Crippen molar-refractivity contribution in [1.82, 2.24) is 10.2 Å². The lowest BCUT2D eigenvalue weighted by atomic mass is 9.95. The van der Waals surface area contributed by atoms with E-state index in [0.29, 0.717) is 12.5 Å². The molecule has 2 aliphatic rings. The van der Waals surface area contributed by atoms with Gasteiger partial charge in [0.25, 0.3) is 0 Å². The van der Waals surface area contributed by atoms with Gasteiger partial charge in [-0.05, 0) is 37.4 Å². The quantitative estimate of drug-likeness (QED) is 0.920. The predicted octanol–water partition coefficient (Wildman–Crippen LogP) is 1.90. The second-order valence-electron chi connectivity index (χ2n) is 5.95. The lowest BCUT2D eigenvalue weighted by Crippen LogP contribution is -2.41. The van der Waals surface area contributed by atoms with Crippen LogP contribution in [0.5, 0.6) is 0 Å². The largest absolute Gasteiger partial charge is 0.373 e. The van der Waals surface area contributed by atoms with E-state index in [1.807, 2.05) is 18.0 Å². The third-order valence-electron chi connectivity index (χ3n) is 4.59. The van der Waals surface area contributed by atoms with Gasteiger partial charge in [-0.15, -0.1) is 0 Å². The minimum absolute atomic E-state index is 0.0710. The average molecular weight is 288 g/mol. The Kier molecular flexibility index (Phi) is 4.56. The Morgan fingerprint density at radius 2 is 2.29 bits per heavy atom. The molecule has 2 aliphatic heterocycles. The zero-order chi connectivity index (χ0) is 14.7. The van der Waals surface area contributed by atoms with Crippen molar-refractivity contribution >= 4 is 5.91 Å². The van der Waals surface area contributed by atoms with Crippen LogP contribution in [0.25, 0.3) is 0 Å². The number of benzene rings is 1. The topological polar surface area (TPSA) is 41.6 Å². The fraction of sp³-hybridized carbons (Fsp3) is 0.588. The number of nitrogens with zero attached hydrogens (tertiary/aromatic N) is 1. The summed E-state index contributed by atoms with van der Waals surface area (Å²) in [6.07, 6.45) is 3.57. The van der Waals surface area contributed by atoms with E-state index in [0.717, 1.165) is 39.0 Å². The van der Waals surface area contributed by atoms with Gasteiger partial charge < -0.3 is 15.0 Å². The van der Waals surface area contributed by atoms with E-state index in [4.69, 9.17) is 4.74 Å². The molecular formula is C17H24N2O2. The number of carbonyl (C=O) groups excluding carboxylic acids is 1. The van der Waals surface area contributed by atoms with Gasteiger partial charge in [-0.2, -0.15) is 0 Å². The van der Waals surface area contributed by atoms with E-state index in [1.54, 1.807) is 0 Å². The standard InChI is InChI=1S/C17H24N2O2/c1-18-12-14-6-4-9-19(14)17(20)11-16-15-7-3-2-5-13(15)8-10-21-16/h2-3,5,7,14,16,18H,4,6,8-12H2,1H3/t14-,16+/m1/s1. The fourth-order valence-corrected chi connectivity index (χ4v) is 3.53. The molecule has 1 saturated heterocycles. The van der Waals surface area contributed by atoms with Gasteiger partial charge in [0, 0.05) is 19.1 Å². The van der Waals surface area contributed by atoms with Crippen LogP contribution < -0.4 is 5.32 Å². The molecule has 0 bridgehead atoms. The molecule has 2 atom stereocenters. The summed E-state index contributed by atoms with van der Waals surface area (Å²) >= 11 is 0. The molecule has 0 radical (unpaired) electrons. The molecule has 3 rings (SSSR count). The number of rotatable bonds is 4. The molecule has 4 heteroatoms. The SMILES string of the molecule is CNC[C@H]1CCCN1C(=O)C[C@@H]1OCCc2ccccc21. The van der Waals surface area contributed by atoms with Crippen molar-refractivity contribution in [2.75, 3.05) is 26.7 Å². The van der Waals surface area contributed by atoms with Crippen LogP contribution >= 0.6 is 0 Å². The van der Waals surface area contributed by atoms with Crippen molar-refractivity contribution < 1.29 is 9.53 Å². The van der Waals surface area contributed by atoms with Gasteiger partial charge in [0.05, 0.1) is 19.1 Å². The van der Waals surface area contributed by atoms with Crippen LogP contribution in [-0.4, -0.2) is 43.6 Å². The van der Waals surface area contributed by atoms with E-state index in [-0.39, 0.29) is 12.0 Å². The first-order valence-corrected chi connectivity index (χ1v) is 7.93. The molecular weight excluding hydrogens is 264 g/mol. The van der Waals surface area contributed by atoms with Crippen LogP contribution in [-0.2, 0) is 16.0 Å². The molecule has 1 aromatic rings. The molecule has 0 aliphatic carbocycles. The Balaban J connectivity index is 1.68. The van der Waals surface area contributed by atoms with E-state index in [2.05, 4.69) is 23.5 Å². The molecule has 4 nitrogen and oxygen atoms in total. The number of hydrogen-bond donors (Lipinski definition) is 1. The summed E-state index contributed by atoms with van der Waals surface area (Å²) in [6, 6.07) is 8.69. The Labute approximate surface area is 126 Å². The monoisotopic (exact) mass is 288 g/mol. The van der Waals surface area contributed by atoms with Crippen molar-refractivity contribution in [3.63, 3.8) is 0 Å². The zero-order valence-corrected chi connectivity index (χ0v) is 12.7. The van der Waals surface area contributed by atoms with Gasteiger partial charge in [0.2, 0.25) is 5.91 Å². The van der Waals surface area contributed by atoms with Crippen LogP contribution in [0, 0.1) is 0 Å². The molecule has 0 spiro atoms. The van der Waals surface area contributed by atoms with Gasteiger partial charge in [-0.25, -0.2) is 0 Å². The molecule has 0 unspecified atom stereocenters. The Morgan fingerprint density at radius 3 is 3.14 bits per heavy atom. The van der Waals surface area contributed by atoms with E-state index >= 15 is 0 Å². The normalized spacial score (nSPS) is 24.9. The highest BCUT2D eigenvalue weighted by atomic mass is 16.5. The highest BCUT2D eigenvalue weighted by Crippen LogP contribution is 2.31. The number of hydrogen-bond acceptors (Lipinski definition) is 3. The van der Waals surface area contributed by atoms with Gasteiger partial charge >= 0.3 is 0 Å². The summed E-state index contributed by atoms with van der Waals surface area (Å²) in [6.45, 7) is 2.49. The minimum atomic E-state index is -0.0710. The predicted molar refractivity (Wildman–Crippen MR) is 82.1 cm³/mol. The Morgan fingerprint density at radius 1 is 1.43 bits per heavy atom. The molecule has 0 aromatic heterocycles. The maximum atomic E-state index is 12.6. The summed E-state index contributed by atoms with van der Waals surface area (Å²) in [5.41, 5.74) is 2.52. The number of fused-ring (bicyclic) bond motifs is 1. The summed E-state index contributed by atoms with van der Waals surface area (Å²) < 4.78 is 5.87. The lowest BCUT2D eigenvalue weighted by Gasteiger charge is -2.29. The van der Waals surface area contributed by atoms with Crippen molar-refractivity contribution in [2.45, 2.75) is 37.8 Å². The number of amides is 1. The first-order valence-electron chi connectivity index (χ1n) is 7.93. The third kappa shape index (κ3) is 3.11. The van der Waals surface area contributed by atoms with Gasteiger partial charge in [0.15, 0.2) is 0 Å². The van der Waals surface area contributed by atoms with Crippen molar-refractivity contribution in [2.24, 2.45) is 0 Å². The molecule has 114 valence electrons. The zero-order valence-electron chi connectivity index (χ0n) is 12.7. The number of carbonyl (C=O) groups is 1. The second-order valence-corrected chi connectivity index (χ2v) is 5.95. The summed E-state index contributed by atoms with van der Waals surface area (Å²) in [5, 5.41) is 3.19. The second kappa shape index (κ2) is 6.58. The summed E-state index contributed by atoms with van der Waals surface area (Å²) in [5.74, 6) is 0.231. The Bertz CT molecular complexity index is 503. The average Bonchev–Trinajstić information content (AvgIpc) is 2.96. The highest BCUT2D eigenvalue weighted by molar-refractivity contribution is 5.77. The number of nitrogens with one attached hydrogen (secondary N) is 1.